The number of nitrogens with one attached hydrogen (secondary N) is 1. The topological polar surface area (TPSA) is 55.1 Å². The van der Waals surface area contributed by atoms with Gasteiger partial charge in [-0.25, -0.2) is 4.39 Å². The van der Waals surface area contributed by atoms with Crippen LogP contribution >= 0.6 is 12.2 Å². The standard InChI is InChI=1S/C16H17FN2OS/c17-10-6-9(15(18)21)3-4-11(10)19-16(20)14-12-7-1-2-8(5-7)13(12)14/h3-4,6-8,12-14H,1-2,5H2,(H2,18,21)(H,19,20). The van der Waals surface area contributed by atoms with E-state index < -0.39 is 5.82 Å². The number of anilines is 1. The second-order valence-electron chi connectivity index (χ2n) is 6.56. The molecule has 1 amide bonds. The molecular formula is C16H17FN2OS. The summed E-state index contributed by atoms with van der Waals surface area (Å²) in [7, 11) is 0. The number of halogens is 1. The number of hydrogen-bond donors (Lipinski definition) is 2. The van der Waals surface area contributed by atoms with Crippen LogP contribution in [-0.4, -0.2) is 10.9 Å². The number of benzene rings is 1. The Morgan fingerprint density at radius 1 is 1.29 bits per heavy atom. The molecule has 2 bridgehead atoms. The molecule has 4 rings (SSSR count). The van der Waals surface area contributed by atoms with Gasteiger partial charge in [0, 0.05) is 11.5 Å². The molecule has 0 heterocycles. The summed E-state index contributed by atoms with van der Waals surface area (Å²) >= 11 is 4.82. The van der Waals surface area contributed by atoms with E-state index in [2.05, 4.69) is 5.32 Å². The molecule has 1 aromatic rings. The highest BCUT2D eigenvalue weighted by Crippen LogP contribution is 2.69. The average molecular weight is 304 g/mol. The summed E-state index contributed by atoms with van der Waals surface area (Å²) in [6, 6.07) is 4.45. The van der Waals surface area contributed by atoms with Crippen LogP contribution in [-0.2, 0) is 4.79 Å². The highest BCUT2D eigenvalue weighted by Gasteiger charge is 2.67. The monoisotopic (exact) mass is 304 g/mol. The van der Waals surface area contributed by atoms with Gasteiger partial charge in [0.2, 0.25) is 5.91 Å². The van der Waals surface area contributed by atoms with Gasteiger partial charge in [-0.05, 0) is 61.1 Å². The second-order valence-corrected chi connectivity index (χ2v) is 7.00. The normalized spacial score (nSPS) is 35.4. The lowest BCUT2D eigenvalue weighted by molar-refractivity contribution is -0.118. The average Bonchev–Trinajstić information content (AvgIpc) is 2.89. The zero-order valence-electron chi connectivity index (χ0n) is 11.5. The minimum absolute atomic E-state index is 0.0245. The largest absolute Gasteiger partial charge is 0.389 e. The number of carbonyl (C=O) groups is 1. The molecule has 0 spiro atoms. The van der Waals surface area contributed by atoms with Gasteiger partial charge in [-0.2, -0.15) is 0 Å². The number of thiocarbonyl (C=S) groups is 1. The molecule has 0 aliphatic heterocycles. The lowest BCUT2D eigenvalue weighted by atomic mass is 10.0. The Balaban J connectivity index is 1.47. The number of nitrogens with two attached hydrogens (primary N) is 1. The summed E-state index contributed by atoms with van der Waals surface area (Å²) < 4.78 is 14.0. The fourth-order valence-electron chi connectivity index (χ4n) is 4.66. The van der Waals surface area contributed by atoms with Gasteiger partial charge >= 0.3 is 0 Å². The molecule has 21 heavy (non-hydrogen) atoms. The molecule has 4 atom stereocenters. The molecule has 0 aromatic heterocycles. The molecule has 3 aliphatic carbocycles. The fourth-order valence-corrected chi connectivity index (χ4v) is 4.79. The van der Waals surface area contributed by atoms with Crippen molar-refractivity contribution >= 4 is 28.8 Å². The number of hydrogen-bond acceptors (Lipinski definition) is 2. The van der Waals surface area contributed by atoms with E-state index in [9.17, 15) is 9.18 Å². The van der Waals surface area contributed by atoms with Gasteiger partial charge in [0.15, 0.2) is 0 Å². The van der Waals surface area contributed by atoms with E-state index in [1.165, 1.54) is 31.4 Å². The molecular weight excluding hydrogens is 287 g/mol. The molecule has 3 saturated carbocycles. The quantitative estimate of drug-likeness (QED) is 0.844. The maximum absolute atomic E-state index is 14.0. The zero-order valence-corrected chi connectivity index (χ0v) is 12.3. The van der Waals surface area contributed by atoms with Crippen LogP contribution < -0.4 is 11.1 Å². The molecule has 4 unspecified atom stereocenters. The molecule has 1 aromatic carbocycles. The summed E-state index contributed by atoms with van der Waals surface area (Å²) in [6.07, 6.45) is 3.84. The molecule has 0 saturated heterocycles. The van der Waals surface area contributed by atoms with Gasteiger partial charge < -0.3 is 11.1 Å². The summed E-state index contributed by atoms with van der Waals surface area (Å²) in [6.45, 7) is 0. The van der Waals surface area contributed by atoms with Crippen molar-refractivity contribution < 1.29 is 9.18 Å². The van der Waals surface area contributed by atoms with Crippen LogP contribution in [0.15, 0.2) is 18.2 Å². The first-order chi connectivity index (χ1) is 10.1. The predicted octanol–water partition coefficient (Wildman–Crippen LogP) is 2.69. The van der Waals surface area contributed by atoms with Crippen molar-refractivity contribution in [1.82, 2.24) is 0 Å². The van der Waals surface area contributed by atoms with E-state index in [-0.39, 0.29) is 22.5 Å². The highest BCUT2D eigenvalue weighted by atomic mass is 32.1. The van der Waals surface area contributed by atoms with Gasteiger partial charge in [-0.3, -0.25) is 4.79 Å². The minimum Gasteiger partial charge on any atom is -0.389 e. The highest BCUT2D eigenvalue weighted by molar-refractivity contribution is 7.80. The Morgan fingerprint density at radius 2 is 1.95 bits per heavy atom. The number of amides is 1. The minimum atomic E-state index is -0.484. The lowest BCUT2D eigenvalue weighted by Crippen LogP contribution is -2.19. The smallest absolute Gasteiger partial charge is 0.228 e. The Bertz CT molecular complexity index is 631. The Hall–Kier alpha value is -1.49. The van der Waals surface area contributed by atoms with Gasteiger partial charge in [0.05, 0.1) is 5.69 Å². The fraction of sp³-hybridized carbons (Fsp3) is 0.500. The third kappa shape index (κ3) is 1.98. The van der Waals surface area contributed by atoms with Crippen LogP contribution in [0.2, 0.25) is 0 Å². The number of carbonyl (C=O) groups excluding carboxylic acids is 1. The third-order valence-electron chi connectivity index (χ3n) is 5.55. The van der Waals surface area contributed by atoms with Gasteiger partial charge in [0.25, 0.3) is 0 Å². The molecule has 110 valence electrons. The van der Waals surface area contributed by atoms with Crippen LogP contribution in [0.1, 0.15) is 24.8 Å². The van der Waals surface area contributed by atoms with Gasteiger partial charge in [0.1, 0.15) is 10.8 Å². The molecule has 0 radical (unpaired) electrons. The van der Waals surface area contributed by atoms with Crippen LogP contribution in [0.4, 0.5) is 10.1 Å². The van der Waals surface area contributed by atoms with E-state index in [0.717, 1.165) is 11.8 Å². The number of fused-ring (bicyclic) bond motifs is 5. The Kier molecular flexibility index (Phi) is 2.83. The maximum Gasteiger partial charge on any atom is 0.228 e. The summed E-state index contributed by atoms with van der Waals surface area (Å²) in [5.74, 6) is 2.18. The second kappa shape index (κ2) is 4.50. The van der Waals surface area contributed by atoms with E-state index in [4.69, 9.17) is 18.0 Å². The van der Waals surface area contributed by atoms with Crippen LogP contribution in [0.25, 0.3) is 0 Å². The Morgan fingerprint density at radius 3 is 2.52 bits per heavy atom. The zero-order chi connectivity index (χ0) is 14.7. The van der Waals surface area contributed by atoms with Crippen molar-refractivity contribution in [3.05, 3.63) is 29.6 Å². The van der Waals surface area contributed by atoms with E-state index in [1.54, 1.807) is 6.07 Å². The van der Waals surface area contributed by atoms with Crippen LogP contribution in [0.3, 0.4) is 0 Å². The summed E-state index contributed by atoms with van der Waals surface area (Å²) in [5.41, 5.74) is 6.16. The molecule has 5 heteroatoms. The van der Waals surface area contributed by atoms with Crippen LogP contribution in [0.5, 0.6) is 0 Å². The summed E-state index contributed by atoms with van der Waals surface area (Å²) in [4.78, 5) is 12.5. The summed E-state index contributed by atoms with van der Waals surface area (Å²) in [5, 5.41) is 2.74. The lowest BCUT2D eigenvalue weighted by Gasteiger charge is -2.11. The molecule has 3 aliphatic rings. The first kappa shape index (κ1) is 13.2. The molecule has 3 fully saturated rings. The van der Waals surface area contributed by atoms with Crippen molar-refractivity contribution in [1.29, 1.82) is 0 Å². The SMILES string of the molecule is NC(=S)c1ccc(NC(=O)C2C3C4CCC(C4)C23)c(F)c1. The third-order valence-corrected chi connectivity index (χ3v) is 5.79. The van der Waals surface area contributed by atoms with E-state index >= 15 is 0 Å². The maximum atomic E-state index is 14.0. The van der Waals surface area contributed by atoms with Gasteiger partial charge in [-0.15, -0.1) is 0 Å². The van der Waals surface area contributed by atoms with Crippen molar-refractivity contribution in [2.24, 2.45) is 35.3 Å². The van der Waals surface area contributed by atoms with Crippen molar-refractivity contribution in [2.75, 3.05) is 5.32 Å². The van der Waals surface area contributed by atoms with E-state index in [0.29, 0.717) is 17.4 Å². The molecule has 3 N–H and O–H groups in total. The van der Waals surface area contributed by atoms with Crippen molar-refractivity contribution in [2.45, 2.75) is 19.3 Å². The van der Waals surface area contributed by atoms with Crippen molar-refractivity contribution in [3.63, 3.8) is 0 Å². The van der Waals surface area contributed by atoms with Crippen molar-refractivity contribution in [3.8, 4) is 0 Å². The predicted molar refractivity (Wildman–Crippen MR) is 82.2 cm³/mol. The first-order valence-corrected chi connectivity index (χ1v) is 7.87. The first-order valence-electron chi connectivity index (χ1n) is 7.46. The Labute approximate surface area is 128 Å². The van der Waals surface area contributed by atoms with Gasteiger partial charge in [-0.1, -0.05) is 12.2 Å². The van der Waals surface area contributed by atoms with Crippen LogP contribution in [0, 0.1) is 35.4 Å². The molecule has 3 nitrogen and oxygen atoms in total. The number of rotatable bonds is 3. The van der Waals surface area contributed by atoms with E-state index in [1.807, 2.05) is 0 Å².